The normalized spacial score (nSPS) is 11.8. The molecule has 0 spiro atoms. The minimum atomic E-state index is -0.408. The number of nitrogens with zero attached hydrogens (tertiary/aromatic N) is 3. The van der Waals surface area contributed by atoms with Crippen molar-refractivity contribution >= 4 is 5.84 Å². The standard InChI is InChI=1S/C12H13FN4O/c1-8-4-5-15-17(8)7-10-3-2-9(6-11(10)13)12(14)16-18/h2-6,18H,7H2,1H3,(H2,14,16). The summed E-state index contributed by atoms with van der Waals surface area (Å²) in [6.45, 7) is 2.25. The van der Waals surface area contributed by atoms with Crippen LogP contribution in [0.15, 0.2) is 35.6 Å². The fraction of sp³-hybridized carbons (Fsp3) is 0.167. The second-order valence-corrected chi connectivity index (χ2v) is 3.92. The van der Waals surface area contributed by atoms with Crippen LogP contribution in [0.4, 0.5) is 4.39 Å². The number of aryl methyl sites for hydroxylation is 1. The molecule has 0 unspecified atom stereocenters. The predicted molar refractivity (Wildman–Crippen MR) is 65.0 cm³/mol. The molecule has 6 heteroatoms. The van der Waals surface area contributed by atoms with E-state index in [1.807, 2.05) is 13.0 Å². The van der Waals surface area contributed by atoms with Crippen molar-refractivity contribution in [2.75, 3.05) is 0 Å². The number of hydrogen-bond donors (Lipinski definition) is 2. The zero-order valence-electron chi connectivity index (χ0n) is 9.84. The van der Waals surface area contributed by atoms with Crippen LogP contribution in [-0.2, 0) is 6.54 Å². The Morgan fingerprint density at radius 3 is 2.83 bits per heavy atom. The number of benzene rings is 1. The van der Waals surface area contributed by atoms with Crippen LogP contribution in [0, 0.1) is 12.7 Å². The van der Waals surface area contributed by atoms with Crippen LogP contribution in [0.5, 0.6) is 0 Å². The molecule has 2 rings (SSSR count). The molecule has 0 radical (unpaired) electrons. The van der Waals surface area contributed by atoms with Crippen molar-refractivity contribution in [2.24, 2.45) is 10.9 Å². The molecule has 5 nitrogen and oxygen atoms in total. The Balaban J connectivity index is 2.28. The van der Waals surface area contributed by atoms with Crippen molar-refractivity contribution < 1.29 is 9.60 Å². The van der Waals surface area contributed by atoms with Gasteiger partial charge >= 0.3 is 0 Å². The second kappa shape index (κ2) is 4.87. The van der Waals surface area contributed by atoms with E-state index in [0.717, 1.165) is 5.69 Å². The molecular formula is C12H13FN4O. The van der Waals surface area contributed by atoms with Crippen molar-refractivity contribution in [3.63, 3.8) is 0 Å². The van der Waals surface area contributed by atoms with Gasteiger partial charge in [0.2, 0.25) is 0 Å². The molecule has 3 N–H and O–H groups in total. The lowest BCUT2D eigenvalue weighted by Gasteiger charge is -2.07. The molecule has 0 aliphatic carbocycles. The SMILES string of the molecule is Cc1ccnn1Cc1ccc(C(N)=NO)cc1F. The highest BCUT2D eigenvalue weighted by atomic mass is 19.1. The summed E-state index contributed by atoms with van der Waals surface area (Å²) >= 11 is 0. The van der Waals surface area contributed by atoms with E-state index in [-0.39, 0.29) is 5.84 Å². The maximum atomic E-state index is 13.8. The maximum absolute atomic E-state index is 13.8. The molecule has 0 fully saturated rings. The van der Waals surface area contributed by atoms with Crippen LogP contribution >= 0.6 is 0 Å². The number of aromatic nitrogens is 2. The molecule has 2 aromatic rings. The molecule has 0 atom stereocenters. The molecule has 0 saturated heterocycles. The maximum Gasteiger partial charge on any atom is 0.170 e. The first-order chi connectivity index (χ1) is 8.61. The van der Waals surface area contributed by atoms with Crippen molar-refractivity contribution in [3.05, 3.63) is 53.1 Å². The highest BCUT2D eigenvalue weighted by Crippen LogP contribution is 2.12. The zero-order valence-corrected chi connectivity index (χ0v) is 9.84. The van der Waals surface area contributed by atoms with E-state index in [9.17, 15) is 4.39 Å². The van der Waals surface area contributed by atoms with E-state index >= 15 is 0 Å². The zero-order chi connectivity index (χ0) is 13.1. The van der Waals surface area contributed by atoms with Gasteiger partial charge < -0.3 is 10.9 Å². The topological polar surface area (TPSA) is 76.4 Å². The Labute approximate surface area is 103 Å². The van der Waals surface area contributed by atoms with Gasteiger partial charge in [-0.3, -0.25) is 4.68 Å². The Morgan fingerprint density at radius 1 is 1.50 bits per heavy atom. The molecule has 0 bridgehead atoms. The van der Waals surface area contributed by atoms with Gasteiger partial charge in [-0.15, -0.1) is 0 Å². The summed E-state index contributed by atoms with van der Waals surface area (Å²) in [4.78, 5) is 0. The Kier molecular flexibility index (Phi) is 3.27. The fourth-order valence-electron chi connectivity index (χ4n) is 1.62. The summed E-state index contributed by atoms with van der Waals surface area (Å²) in [5.41, 5.74) is 7.18. The van der Waals surface area contributed by atoms with E-state index in [2.05, 4.69) is 10.3 Å². The van der Waals surface area contributed by atoms with Gasteiger partial charge in [0.1, 0.15) is 5.82 Å². The molecule has 1 aromatic heterocycles. The first kappa shape index (κ1) is 12.1. The molecule has 94 valence electrons. The number of oxime groups is 1. The van der Waals surface area contributed by atoms with Crippen LogP contribution in [0.25, 0.3) is 0 Å². The lowest BCUT2D eigenvalue weighted by molar-refractivity contribution is 0.318. The van der Waals surface area contributed by atoms with Crippen LogP contribution < -0.4 is 5.73 Å². The van der Waals surface area contributed by atoms with Crippen molar-refractivity contribution in [1.29, 1.82) is 0 Å². The average Bonchev–Trinajstić information content (AvgIpc) is 2.76. The molecule has 0 amide bonds. The Morgan fingerprint density at radius 2 is 2.28 bits per heavy atom. The third-order valence-corrected chi connectivity index (χ3v) is 2.71. The highest BCUT2D eigenvalue weighted by molar-refractivity contribution is 5.97. The summed E-state index contributed by atoms with van der Waals surface area (Å²) in [5.74, 6) is -0.523. The molecule has 0 saturated carbocycles. The smallest absolute Gasteiger partial charge is 0.170 e. The van der Waals surface area contributed by atoms with Gasteiger partial charge in [-0.2, -0.15) is 5.10 Å². The lowest BCUT2D eigenvalue weighted by atomic mass is 10.1. The average molecular weight is 248 g/mol. The van der Waals surface area contributed by atoms with Crippen molar-refractivity contribution in [1.82, 2.24) is 9.78 Å². The van der Waals surface area contributed by atoms with Gasteiger partial charge in [0.05, 0.1) is 6.54 Å². The predicted octanol–water partition coefficient (Wildman–Crippen LogP) is 1.47. The van der Waals surface area contributed by atoms with Crippen LogP contribution in [0.3, 0.4) is 0 Å². The number of hydrogen-bond acceptors (Lipinski definition) is 3. The van der Waals surface area contributed by atoms with Gasteiger partial charge in [-0.05, 0) is 19.1 Å². The quantitative estimate of drug-likeness (QED) is 0.374. The molecule has 0 aliphatic rings. The van der Waals surface area contributed by atoms with E-state index in [1.54, 1.807) is 23.0 Å². The molecule has 1 heterocycles. The van der Waals surface area contributed by atoms with Crippen LogP contribution in [-0.4, -0.2) is 20.8 Å². The van der Waals surface area contributed by atoms with E-state index < -0.39 is 5.82 Å². The largest absolute Gasteiger partial charge is 0.409 e. The van der Waals surface area contributed by atoms with Gasteiger partial charge in [0.25, 0.3) is 0 Å². The van der Waals surface area contributed by atoms with E-state index in [0.29, 0.717) is 17.7 Å². The van der Waals surface area contributed by atoms with Gasteiger partial charge in [0.15, 0.2) is 5.84 Å². The fourth-order valence-corrected chi connectivity index (χ4v) is 1.62. The molecule has 18 heavy (non-hydrogen) atoms. The summed E-state index contributed by atoms with van der Waals surface area (Å²) < 4.78 is 15.5. The minimum absolute atomic E-state index is 0.115. The third-order valence-electron chi connectivity index (χ3n) is 2.71. The van der Waals surface area contributed by atoms with E-state index in [1.165, 1.54) is 6.07 Å². The molecular weight excluding hydrogens is 235 g/mol. The van der Waals surface area contributed by atoms with Crippen molar-refractivity contribution in [3.8, 4) is 0 Å². The number of halogens is 1. The summed E-state index contributed by atoms with van der Waals surface area (Å²) in [5, 5.41) is 15.4. The Hall–Kier alpha value is -2.37. The number of rotatable bonds is 3. The minimum Gasteiger partial charge on any atom is -0.409 e. The summed E-state index contributed by atoms with van der Waals surface area (Å²) in [7, 11) is 0. The van der Waals surface area contributed by atoms with Crippen LogP contribution in [0.2, 0.25) is 0 Å². The van der Waals surface area contributed by atoms with Gasteiger partial charge in [-0.25, -0.2) is 4.39 Å². The Bertz CT molecular complexity index is 592. The number of amidine groups is 1. The van der Waals surface area contributed by atoms with Gasteiger partial charge in [0, 0.05) is 23.0 Å². The number of nitrogens with two attached hydrogens (primary N) is 1. The van der Waals surface area contributed by atoms with E-state index in [4.69, 9.17) is 10.9 Å². The first-order valence-electron chi connectivity index (χ1n) is 5.36. The summed E-state index contributed by atoms with van der Waals surface area (Å²) in [6.07, 6.45) is 1.66. The third kappa shape index (κ3) is 2.32. The molecule has 0 aliphatic heterocycles. The van der Waals surface area contributed by atoms with Crippen LogP contribution in [0.1, 0.15) is 16.8 Å². The summed E-state index contributed by atoms with van der Waals surface area (Å²) in [6, 6.07) is 6.29. The van der Waals surface area contributed by atoms with Gasteiger partial charge in [-0.1, -0.05) is 17.3 Å². The second-order valence-electron chi connectivity index (χ2n) is 3.92. The molecule has 1 aromatic carbocycles. The lowest BCUT2D eigenvalue weighted by Crippen LogP contribution is -2.14. The van der Waals surface area contributed by atoms with Crippen molar-refractivity contribution in [2.45, 2.75) is 13.5 Å². The monoisotopic (exact) mass is 248 g/mol. The first-order valence-corrected chi connectivity index (χ1v) is 5.36. The highest BCUT2D eigenvalue weighted by Gasteiger charge is 2.08.